The number of carbonyl (C=O) groups excluding carboxylic acids is 2. The van der Waals surface area contributed by atoms with Crippen molar-refractivity contribution >= 4 is 23.2 Å². The second-order valence-corrected chi connectivity index (χ2v) is 5.18. The molecule has 0 aromatic heterocycles. The van der Waals surface area contributed by atoms with Gasteiger partial charge >= 0.3 is 0 Å². The predicted molar refractivity (Wildman–Crippen MR) is 85.9 cm³/mol. The number of benzene rings is 2. The van der Waals surface area contributed by atoms with E-state index in [1.54, 1.807) is 25.2 Å². The SMILES string of the molecule is CN1C(=O)COc2cccc(NC(=O)COc3ccc(F)cc3)c21. The smallest absolute Gasteiger partial charge is 0.264 e. The number of nitrogens with one attached hydrogen (secondary N) is 1. The second-order valence-electron chi connectivity index (χ2n) is 5.18. The van der Waals surface area contributed by atoms with Crippen molar-refractivity contribution in [2.24, 2.45) is 0 Å². The monoisotopic (exact) mass is 330 g/mol. The zero-order valence-corrected chi connectivity index (χ0v) is 12.9. The van der Waals surface area contributed by atoms with Crippen molar-refractivity contribution in [3.8, 4) is 11.5 Å². The van der Waals surface area contributed by atoms with Crippen molar-refractivity contribution in [1.29, 1.82) is 0 Å². The third kappa shape index (κ3) is 3.29. The van der Waals surface area contributed by atoms with E-state index in [1.807, 2.05) is 0 Å². The fraction of sp³-hybridized carbons (Fsp3) is 0.176. The van der Waals surface area contributed by atoms with Gasteiger partial charge in [0.25, 0.3) is 11.8 Å². The van der Waals surface area contributed by atoms with Crippen LogP contribution in [-0.2, 0) is 9.59 Å². The van der Waals surface area contributed by atoms with Gasteiger partial charge in [-0.25, -0.2) is 4.39 Å². The standard InChI is InChI=1S/C17H15FN2O4/c1-20-16(22)10-24-14-4-2-3-13(17(14)20)19-15(21)9-23-12-7-5-11(18)6-8-12/h2-8H,9-10H2,1H3,(H,19,21). The molecule has 0 saturated carbocycles. The van der Waals surface area contributed by atoms with Gasteiger partial charge in [0.15, 0.2) is 13.2 Å². The first-order valence-electron chi connectivity index (χ1n) is 7.25. The van der Waals surface area contributed by atoms with Crippen molar-refractivity contribution in [3.63, 3.8) is 0 Å². The summed E-state index contributed by atoms with van der Waals surface area (Å²) in [5.41, 5.74) is 0.958. The van der Waals surface area contributed by atoms with E-state index in [9.17, 15) is 14.0 Å². The molecule has 0 unspecified atom stereocenters. The Hall–Kier alpha value is -3.09. The van der Waals surface area contributed by atoms with Crippen LogP contribution in [-0.4, -0.2) is 32.1 Å². The molecule has 2 amide bonds. The van der Waals surface area contributed by atoms with E-state index in [0.717, 1.165) is 0 Å². The van der Waals surface area contributed by atoms with Crippen molar-refractivity contribution in [1.82, 2.24) is 0 Å². The summed E-state index contributed by atoms with van der Waals surface area (Å²) in [4.78, 5) is 25.3. The number of nitrogens with zero attached hydrogens (tertiary/aromatic N) is 1. The Balaban J connectivity index is 1.69. The lowest BCUT2D eigenvalue weighted by Crippen LogP contribution is -2.36. The molecular weight excluding hydrogens is 315 g/mol. The molecule has 1 aliphatic heterocycles. The van der Waals surface area contributed by atoms with Gasteiger partial charge in [-0.15, -0.1) is 0 Å². The van der Waals surface area contributed by atoms with Crippen LogP contribution in [0.25, 0.3) is 0 Å². The molecule has 2 aromatic rings. The fourth-order valence-electron chi connectivity index (χ4n) is 2.31. The molecule has 3 rings (SSSR count). The van der Waals surface area contributed by atoms with E-state index in [0.29, 0.717) is 22.9 Å². The molecule has 0 radical (unpaired) electrons. The molecule has 0 fully saturated rings. The predicted octanol–water partition coefficient (Wildman–Crippen LogP) is 2.20. The minimum absolute atomic E-state index is 0.0332. The molecule has 24 heavy (non-hydrogen) atoms. The maximum atomic E-state index is 12.8. The second kappa shape index (κ2) is 6.57. The number of fused-ring (bicyclic) bond motifs is 1. The molecule has 124 valence electrons. The average molecular weight is 330 g/mol. The van der Waals surface area contributed by atoms with Gasteiger partial charge in [0.05, 0.1) is 5.69 Å². The number of para-hydroxylation sites is 1. The highest BCUT2D eigenvalue weighted by Gasteiger charge is 2.25. The quantitative estimate of drug-likeness (QED) is 0.933. The number of hydrogen-bond acceptors (Lipinski definition) is 4. The zero-order chi connectivity index (χ0) is 17.1. The molecule has 0 bridgehead atoms. The van der Waals surface area contributed by atoms with Crippen LogP contribution < -0.4 is 19.7 Å². The first kappa shape index (κ1) is 15.8. The van der Waals surface area contributed by atoms with Crippen LogP contribution in [0, 0.1) is 5.82 Å². The molecule has 1 heterocycles. The third-order valence-electron chi connectivity index (χ3n) is 3.52. The summed E-state index contributed by atoms with van der Waals surface area (Å²) in [5, 5.41) is 2.69. The maximum absolute atomic E-state index is 12.8. The summed E-state index contributed by atoms with van der Waals surface area (Å²) < 4.78 is 23.5. The van der Waals surface area contributed by atoms with E-state index in [1.165, 1.54) is 29.2 Å². The summed E-state index contributed by atoms with van der Waals surface area (Å²) in [6.45, 7) is -0.275. The van der Waals surface area contributed by atoms with Crippen LogP contribution >= 0.6 is 0 Å². The first-order chi connectivity index (χ1) is 11.5. The summed E-state index contributed by atoms with van der Waals surface area (Å²) in [6.07, 6.45) is 0. The topological polar surface area (TPSA) is 67.9 Å². The number of hydrogen-bond donors (Lipinski definition) is 1. The number of amides is 2. The van der Waals surface area contributed by atoms with Crippen LogP contribution in [0.2, 0.25) is 0 Å². The van der Waals surface area contributed by atoms with E-state index < -0.39 is 5.91 Å². The molecule has 7 heteroatoms. The number of rotatable bonds is 4. The lowest BCUT2D eigenvalue weighted by Gasteiger charge is -2.28. The summed E-state index contributed by atoms with van der Waals surface area (Å²) >= 11 is 0. The molecule has 0 saturated heterocycles. The molecular formula is C17H15FN2O4. The van der Waals surface area contributed by atoms with Crippen molar-refractivity contribution in [2.75, 3.05) is 30.5 Å². The van der Waals surface area contributed by atoms with Crippen molar-refractivity contribution in [2.45, 2.75) is 0 Å². The van der Waals surface area contributed by atoms with Crippen molar-refractivity contribution < 1.29 is 23.5 Å². The minimum Gasteiger partial charge on any atom is -0.484 e. The average Bonchev–Trinajstić information content (AvgIpc) is 2.58. The van der Waals surface area contributed by atoms with Gasteiger partial charge in [0, 0.05) is 7.05 Å². The van der Waals surface area contributed by atoms with Gasteiger partial charge in [-0.3, -0.25) is 9.59 Å². The Morgan fingerprint density at radius 1 is 1.29 bits per heavy atom. The maximum Gasteiger partial charge on any atom is 0.264 e. The Morgan fingerprint density at radius 3 is 2.79 bits per heavy atom. The van der Waals surface area contributed by atoms with Gasteiger partial charge < -0.3 is 19.7 Å². The molecule has 1 N–H and O–H groups in total. The number of likely N-dealkylation sites (N-methyl/N-ethyl adjacent to an activating group) is 1. The number of anilines is 2. The van der Waals surface area contributed by atoms with Crippen LogP contribution in [0.15, 0.2) is 42.5 Å². The van der Waals surface area contributed by atoms with E-state index in [4.69, 9.17) is 9.47 Å². The van der Waals surface area contributed by atoms with E-state index in [2.05, 4.69) is 5.32 Å². The summed E-state index contributed by atoms with van der Waals surface area (Å²) in [5.74, 6) is -0.0760. The summed E-state index contributed by atoms with van der Waals surface area (Å²) in [6, 6.07) is 10.5. The molecule has 0 spiro atoms. The minimum atomic E-state index is -0.404. The van der Waals surface area contributed by atoms with Gasteiger partial charge in [-0.1, -0.05) is 6.07 Å². The van der Waals surface area contributed by atoms with E-state index in [-0.39, 0.29) is 24.9 Å². The fourth-order valence-corrected chi connectivity index (χ4v) is 2.31. The van der Waals surface area contributed by atoms with E-state index >= 15 is 0 Å². The first-order valence-corrected chi connectivity index (χ1v) is 7.25. The largest absolute Gasteiger partial charge is 0.484 e. The Morgan fingerprint density at radius 2 is 2.04 bits per heavy atom. The van der Waals surface area contributed by atoms with Crippen LogP contribution in [0.1, 0.15) is 0 Å². The lowest BCUT2D eigenvalue weighted by molar-refractivity contribution is -0.121. The van der Waals surface area contributed by atoms with Crippen LogP contribution in [0.3, 0.4) is 0 Å². The normalized spacial score (nSPS) is 13.1. The zero-order valence-electron chi connectivity index (χ0n) is 12.9. The number of carbonyl (C=O) groups is 2. The molecule has 2 aromatic carbocycles. The van der Waals surface area contributed by atoms with Gasteiger partial charge in [-0.05, 0) is 36.4 Å². The highest BCUT2D eigenvalue weighted by molar-refractivity contribution is 6.04. The third-order valence-corrected chi connectivity index (χ3v) is 3.52. The van der Waals surface area contributed by atoms with Crippen LogP contribution in [0.5, 0.6) is 11.5 Å². The van der Waals surface area contributed by atoms with Gasteiger partial charge in [0.2, 0.25) is 0 Å². The number of halogens is 1. The van der Waals surface area contributed by atoms with Gasteiger partial charge in [0.1, 0.15) is 23.0 Å². The Bertz CT molecular complexity index is 777. The highest BCUT2D eigenvalue weighted by Crippen LogP contribution is 2.37. The number of ether oxygens (including phenoxy) is 2. The molecule has 1 aliphatic rings. The van der Waals surface area contributed by atoms with Crippen LogP contribution in [0.4, 0.5) is 15.8 Å². The lowest BCUT2D eigenvalue weighted by atomic mass is 10.2. The Kier molecular flexibility index (Phi) is 4.33. The van der Waals surface area contributed by atoms with Gasteiger partial charge in [-0.2, -0.15) is 0 Å². The highest BCUT2D eigenvalue weighted by atomic mass is 19.1. The molecule has 6 nitrogen and oxygen atoms in total. The Labute approximate surface area is 137 Å². The molecule has 0 atom stereocenters. The summed E-state index contributed by atoms with van der Waals surface area (Å²) in [7, 11) is 1.62. The van der Waals surface area contributed by atoms with Crippen molar-refractivity contribution in [3.05, 3.63) is 48.3 Å². The molecule has 0 aliphatic carbocycles.